The van der Waals surface area contributed by atoms with Crippen molar-refractivity contribution in [2.24, 2.45) is 0 Å². The first-order valence-electron chi connectivity index (χ1n) is 6.56. The number of nitrogens with zero attached hydrogens (tertiary/aromatic N) is 1. The van der Waals surface area contributed by atoms with Crippen molar-refractivity contribution in [3.63, 3.8) is 0 Å². The van der Waals surface area contributed by atoms with Crippen LogP contribution < -0.4 is 4.89 Å². The van der Waals surface area contributed by atoms with Crippen molar-refractivity contribution < 1.29 is 14.6 Å². The Hall–Kier alpha value is -2.02. The summed E-state index contributed by atoms with van der Waals surface area (Å²) >= 11 is 0. The number of nitriles is 1. The number of rotatable bonds is 4. The number of fused-ring (bicyclic) bond motifs is 1. The SMILES string of the molecule is CC(=O)OOc1cccc2c1CCCC2CCC#N. The van der Waals surface area contributed by atoms with E-state index in [0.717, 1.165) is 31.2 Å². The summed E-state index contributed by atoms with van der Waals surface area (Å²) in [4.78, 5) is 20.5. The molecule has 1 aromatic carbocycles. The molecule has 1 aromatic rings. The fourth-order valence-electron chi connectivity index (χ4n) is 2.63. The zero-order valence-corrected chi connectivity index (χ0v) is 11.0. The van der Waals surface area contributed by atoms with Crippen LogP contribution in [0.15, 0.2) is 18.2 Å². The summed E-state index contributed by atoms with van der Waals surface area (Å²) in [6, 6.07) is 8.00. The molecule has 0 aliphatic heterocycles. The van der Waals surface area contributed by atoms with Gasteiger partial charge in [0.25, 0.3) is 0 Å². The molecule has 0 heterocycles. The van der Waals surface area contributed by atoms with Gasteiger partial charge in [-0.1, -0.05) is 12.1 Å². The molecule has 0 saturated carbocycles. The van der Waals surface area contributed by atoms with E-state index < -0.39 is 5.97 Å². The standard InChI is InChI=1S/C15H17NO3/c1-11(17)18-19-15-9-3-7-13-12(6-4-10-16)5-2-8-14(13)15/h3,7,9,12H,2,4-6,8H2,1H3. The van der Waals surface area contributed by atoms with Crippen LogP contribution in [0.2, 0.25) is 0 Å². The Labute approximate surface area is 112 Å². The molecule has 4 nitrogen and oxygen atoms in total. The minimum absolute atomic E-state index is 0.407. The molecule has 4 heteroatoms. The number of benzene rings is 1. The maximum absolute atomic E-state index is 10.8. The van der Waals surface area contributed by atoms with Gasteiger partial charge in [-0.3, -0.25) is 9.78 Å². The fraction of sp³-hybridized carbons (Fsp3) is 0.467. The van der Waals surface area contributed by atoms with Gasteiger partial charge in [-0.15, -0.1) is 0 Å². The highest BCUT2D eigenvalue weighted by atomic mass is 17.2. The Balaban J connectivity index is 2.20. The van der Waals surface area contributed by atoms with Gasteiger partial charge in [-0.05, 0) is 43.2 Å². The Morgan fingerprint density at radius 3 is 3.11 bits per heavy atom. The molecule has 0 fully saturated rings. The van der Waals surface area contributed by atoms with Crippen molar-refractivity contribution >= 4 is 5.97 Å². The maximum atomic E-state index is 10.8. The van der Waals surface area contributed by atoms with Crippen LogP contribution in [-0.2, 0) is 16.1 Å². The van der Waals surface area contributed by atoms with Crippen LogP contribution in [0.5, 0.6) is 5.75 Å². The summed E-state index contributed by atoms with van der Waals surface area (Å²) in [6.45, 7) is 1.31. The van der Waals surface area contributed by atoms with Crippen LogP contribution in [-0.4, -0.2) is 5.97 Å². The molecule has 0 saturated heterocycles. The van der Waals surface area contributed by atoms with Crippen LogP contribution in [0, 0.1) is 11.3 Å². The molecular weight excluding hydrogens is 242 g/mol. The van der Waals surface area contributed by atoms with Gasteiger partial charge in [0.2, 0.25) is 0 Å². The van der Waals surface area contributed by atoms with Gasteiger partial charge >= 0.3 is 5.97 Å². The number of carbonyl (C=O) groups is 1. The molecule has 0 N–H and O–H groups in total. The van der Waals surface area contributed by atoms with Gasteiger partial charge in [0.15, 0.2) is 5.75 Å². The van der Waals surface area contributed by atoms with E-state index in [1.807, 2.05) is 12.1 Å². The second kappa shape index (κ2) is 6.24. The molecule has 0 radical (unpaired) electrons. The predicted molar refractivity (Wildman–Crippen MR) is 69.4 cm³/mol. The Morgan fingerprint density at radius 2 is 2.37 bits per heavy atom. The summed E-state index contributed by atoms with van der Waals surface area (Å²) in [6.07, 6.45) is 4.55. The third-order valence-corrected chi connectivity index (χ3v) is 3.44. The molecule has 19 heavy (non-hydrogen) atoms. The third kappa shape index (κ3) is 3.25. The smallest absolute Gasteiger partial charge is 0.287 e. The molecular formula is C15H17NO3. The van der Waals surface area contributed by atoms with Crippen molar-refractivity contribution in [3.8, 4) is 11.8 Å². The van der Waals surface area contributed by atoms with Crippen LogP contribution >= 0.6 is 0 Å². The van der Waals surface area contributed by atoms with Gasteiger partial charge < -0.3 is 0 Å². The fourth-order valence-corrected chi connectivity index (χ4v) is 2.63. The van der Waals surface area contributed by atoms with E-state index in [1.165, 1.54) is 12.5 Å². The lowest BCUT2D eigenvalue weighted by Gasteiger charge is -2.25. The van der Waals surface area contributed by atoms with Crippen LogP contribution in [0.3, 0.4) is 0 Å². The highest BCUT2D eigenvalue weighted by Gasteiger charge is 2.23. The zero-order chi connectivity index (χ0) is 13.7. The average molecular weight is 259 g/mol. The molecule has 1 aliphatic carbocycles. The number of hydrogen-bond acceptors (Lipinski definition) is 4. The highest BCUT2D eigenvalue weighted by molar-refractivity contribution is 5.65. The van der Waals surface area contributed by atoms with Gasteiger partial charge in [0.1, 0.15) is 0 Å². The van der Waals surface area contributed by atoms with E-state index in [2.05, 4.69) is 17.0 Å². The average Bonchev–Trinajstić information content (AvgIpc) is 2.42. The van der Waals surface area contributed by atoms with E-state index in [1.54, 1.807) is 0 Å². The van der Waals surface area contributed by atoms with Gasteiger partial charge in [-0.2, -0.15) is 5.26 Å². The lowest BCUT2D eigenvalue weighted by Crippen LogP contribution is -2.12. The first-order valence-corrected chi connectivity index (χ1v) is 6.56. The quantitative estimate of drug-likeness (QED) is 0.615. The summed E-state index contributed by atoms with van der Waals surface area (Å²) in [5.41, 5.74) is 2.34. The van der Waals surface area contributed by atoms with E-state index in [-0.39, 0.29) is 0 Å². The van der Waals surface area contributed by atoms with Crippen LogP contribution in [0.1, 0.15) is 49.7 Å². The third-order valence-electron chi connectivity index (χ3n) is 3.44. The van der Waals surface area contributed by atoms with E-state index in [9.17, 15) is 4.79 Å². The number of carbonyl (C=O) groups excluding carboxylic acids is 1. The summed E-state index contributed by atoms with van der Waals surface area (Å²) < 4.78 is 0. The van der Waals surface area contributed by atoms with Gasteiger partial charge in [-0.25, -0.2) is 4.79 Å². The summed E-state index contributed by atoms with van der Waals surface area (Å²) in [5, 5.41) is 8.71. The second-order valence-corrected chi connectivity index (χ2v) is 4.77. The Morgan fingerprint density at radius 1 is 1.53 bits per heavy atom. The largest absolute Gasteiger partial charge is 0.352 e. The van der Waals surface area contributed by atoms with Gasteiger partial charge in [0, 0.05) is 18.9 Å². The highest BCUT2D eigenvalue weighted by Crippen LogP contribution is 2.38. The minimum atomic E-state index is -0.463. The first-order chi connectivity index (χ1) is 9.22. The van der Waals surface area contributed by atoms with Crippen LogP contribution in [0.4, 0.5) is 0 Å². The van der Waals surface area contributed by atoms with Crippen molar-refractivity contribution in [1.82, 2.24) is 0 Å². The minimum Gasteiger partial charge on any atom is -0.287 e. The molecule has 1 unspecified atom stereocenters. The first kappa shape index (κ1) is 13.4. The van der Waals surface area contributed by atoms with E-state index >= 15 is 0 Å². The second-order valence-electron chi connectivity index (χ2n) is 4.77. The molecule has 1 atom stereocenters. The van der Waals surface area contributed by atoms with E-state index in [0.29, 0.717) is 18.1 Å². The normalized spacial score (nSPS) is 17.2. The Kier molecular flexibility index (Phi) is 4.40. The molecule has 100 valence electrons. The number of hydrogen-bond donors (Lipinski definition) is 0. The molecule has 0 aromatic heterocycles. The lowest BCUT2D eigenvalue weighted by molar-refractivity contribution is -0.211. The van der Waals surface area contributed by atoms with Crippen molar-refractivity contribution in [2.45, 2.75) is 44.9 Å². The summed E-state index contributed by atoms with van der Waals surface area (Å²) in [7, 11) is 0. The summed E-state index contributed by atoms with van der Waals surface area (Å²) in [5.74, 6) is 0.563. The topological polar surface area (TPSA) is 59.3 Å². The van der Waals surface area contributed by atoms with Crippen LogP contribution in [0.25, 0.3) is 0 Å². The van der Waals surface area contributed by atoms with Crippen molar-refractivity contribution in [1.29, 1.82) is 5.26 Å². The molecule has 0 bridgehead atoms. The molecule has 0 spiro atoms. The van der Waals surface area contributed by atoms with Gasteiger partial charge in [0.05, 0.1) is 6.07 Å². The van der Waals surface area contributed by atoms with Crippen molar-refractivity contribution in [2.75, 3.05) is 0 Å². The lowest BCUT2D eigenvalue weighted by atomic mass is 9.80. The molecule has 1 aliphatic rings. The Bertz CT molecular complexity index is 505. The maximum Gasteiger partial charge on any atom is 0.352 e. The monoisotopic (exact) mass is 259 g/mol. The molecule has 0 amide bonds. The zero-order valence-electron chi connectivity index (χ0n) is 11.0. The predicted octanol–water partition coefficient (Wildman–Crippen LogP) is 3.27. The van der Waals surface area contributed by atoms with Crippen molar-refractivity contribution in [3.05, 3.63) is 29.3 Å². The van der Waals surface area contributed by atoms with E-state index in [4.69, 9.17) is 10.1 Å². The molecule has 2 rings (SSSR count).